The van der Waals surface area contributed by atoms with E-state index in [9.17, 15) is 0 Å². The standard InChI is InChI=1S/C14H13Br2N/c15-12-6-7-13(17-10-12)8-9-14(16)11-4-2-1-3-5-11/h1-7,10,14H,8-9H2. The predicted octanol–water partition coefficient (Wildman–Crippen LogP) is 4.91. The molecule has 2 rings (SSSR count). The van der Waals surface area contributed by atoms with Crippen molar-refractivity contribution in [2.75, 3.05) is 0 Å². The molecule has 0 aliphatic heterocycles. The molecule has 1 atom stereocenters. The quantitative estimate of drug-likeness (QED) is 0.710. The molecule has 0 saturated heterocycles. The van der Waals surface area contributed by atoms with Crippen molar-refractivity contribution in [3.05, 3.63) is 64.4 Å². The van der Waals surface area contributed by atoms with Gasteiger partial charge in [0.05, 0.1) is 0 Å². The van der Waals surface area contributed by atoms with E-state index in [2.05, 4.69) is 67.2 Å². The van der Waals surface area contributed by atoms with E-state index in [4.69, 9.17) is 0 Å². The molecule has 1 unspecified atom stereocenters. The Hall–Kier alpha value is -0.670. The molecule has 0 N–H and O–H groups in total. The zero-order valence-corrected chi connectivity index (χ0v) is 12.5. The monoisotopic (exact) mass is 353 g/mol. The first-order valence-corrected chi connectivity index (χ1v) is 7.26. The number of aryl methyl sites for hydroxylation is 1. The van der Waals surface area contributed by atoms with Crippen LogP contribution in [0.2, 0.25) is 0 Å². The zero-order chi connectivity index (χ0) is 12.1. The van der Waals surface area contributed by atoms with Crippen LogP contribution in [-0.4, -0.2) is 4.98 Å². The maximum Gasteiger partial charge on any atom is 0.0413 e. The summed E-state index contributed by atoms with van der Waals surface area (Å²) >= 11 is 7.11. The minimum absolute atomic E-state index is 0.397. The molecule has 0 saturated carbocycles. The van der Waals surface area contributed by atoms with Gasteiger partial charge in [0.15, 0.2) is 0 Å². The number of alkyl halides is 1. The van der Waals surface area contributed by atoms with Gasteiger partial charge in [-0.2, -0.15) is 0 Å². The van der Waals surface area contributed by atoms with E-state index in [0.29, 0.717) is 4.83 Å². The summed E-state index contributed by atoms with van der Waals surface area (Å²) < 4.78 is 1.03. The second kappa shape index (κ2) is 6.31. The van der Waals surface area contributed by atoms with Crippen molar-refractivity contribution in [1.82, 2.24) is 4.98 Å². The van der Waals surface area contributed by atoms with Crippen LogP contribution < -0.4 is 0 Å². The molecule has 0 radical (unpaired) electrons. The molecule has 0 bridgehead atoms. The van der Waals surface area contributed by atoms with Crippen LogP contribution >= 0.6 is 31.9 Å². The molecule has 0 fully saturated rings. The lowest BCUT2D eigenvalue weighted by atomic mass is 10.1. The average Bonchev–Trinajstić information content (AvgIpc) is 2.39. The SMILES string of the molecule is Brc1ccc(CCC(Br)c2ccccc2)nc1. The minimum Gasteiger partial charge on any atom is -0.260 e. The van der Waals surface area contributed by atoms with Gasteiger partial charge in [-0.05, 0) is 46.5 Å². The largest absolute Gasteiger partial charge is 0.260 e. The highest BCUT2D eigenvalue weighted by molar-refractivity contribution is 9.10. The van der Waals surface area contributed by atoms with Crippen molar-refractivity contribution in [3.8, 4) is 0 Å². The van der Waals surface area contributed by atoms with Gasteiger partial charge in [0.2, 0.25) is 0 Å². The maximum absolute atomic E-state index is 4.38. The van der Waals surface area contributed by atoms with E-state index in [-0.39, 0.29) is 0 Å². The fraction of sp³-hybridized carbons (Fsp3) is 0.214. The van der Waals surface area contributed by atoms with Crippen molar-refractivity contribution in [3.63, 3.8) is 0 Å². The van der Waals surface area contributed by atoms with Crippen molar-refractivity contribution in [2.45, 2.75) is 17.7 Å². The van der Waals surface area contributed by atoms with E-state index in [1.807, 2.05) is 18.3 Å². The van der Waals surface area contributed by atoms with E-state index >= 15 is 0 Å². The van der Waals surface area contributed by atoms with Crippen molar-refractivity contribution < 1.29 is 0 Å². The van der Waals surface area contributed by atoms with E-state index in [1.165, 1.54) is 5.56 Å². The van der Waals surface area contributed by atoms with Gasteiger partial charge >= 0.3 is 0 Å². The summed E-state index contributed by atoms with van der Waals surface area (Å²) in [5.41, 5.74) is 2.46. The third-order valence-corrected chi connectivity index (χ3v) is 4.06. The summed E-state index contributed by atoms with van der Waals surface area (Å²) in [6, 6.07) is 14.6. The molecule has 88 valence electrons. The maximum atomic E-state index is 4.38. The van der Waals surface area contributed by atoms with Crippen LogP contribution in [-0.2, 0) is 6.42 Å². The Morgan fingerprint density at radius 3 is 2.47 bits per heavy atom. The van der Waals surface area contributed by atoms with Crippen LogP contribution in [0.3, 0.4) is 0 Å². The van der Waals surface area contributed by atoms with E-state index in [0.717, 1.165) is 23.0 Å². The Kier molecular flexibility index (Phi) is 4.75. The molecule has 0 amide bonds. The molecule has 0 aliphatic carbocycles. The Morgan fingerprint density at radius 2 is 1.82 bits per heavy atom. The molecule has 1 aromatic carbocycles. The van der Waals surface area contributed by atoms with Gasteiger partial charge in [0, 0.05) is 21.2 Å². The van der Waals surface area contributed by atoms with Crippen LogP contribution in [0.15, 0.2) is 53.1 Å². The summed E-state index contributed by atoms with van der Waals surface area (Å²) in [6.45, 7) is 0. The molecule has 0 spiro atoms. The fourth-order valence-electron chi connectivity index (χ4n) is 1.66. The smallest absolute Gasteiger partial charge is 0.0413 e. The Labute approximate surface area is 119 Å². The number of hydrogen-bond acceptors (Lipinski definition) is 1. The second-order valence-corrected chi connectivity index (χ2v) is 5.91. The van der Waals surface area contributed by atoms with Crippen LogP contribution in [0.5, 0.6) is 0 Å². The molecular formula is C14H13Br2N. The summed E-state index contributed by atoms with van der Waals surface area (Å²) in [5, 5.41) is 0. The lowest BCUT2D eigenvalue weighted by Gasteiger charge is -2.09. The zero-order valence-electron chi connectivity index (χ0n) is 9.31. The van der Waals surface area contributed by atoms with Gasteiger partial charge in [-0.15, -0.1) is 0 Å². The van der Waals surface area contributed by atoms with Gasteiger partial charge in [-0.25, -0.2) is 0 Å². The Bertz CT molecular complexity index is 453. The molecule has 0 aliphatic rings. The number of rotatable bonds is 4. The molecule has 3 heteroatoms. The first kappa shape index (κ1) is 12.8. The number of pyridine rings is 1. The minimum atomic E-state index is 0.397. The predicted molar refractivity (Wildman–Crippen MR) is 78.4 cm³/mol. The third kappa shape index (κ3) is 3.93. The van der Waals surface area contributed by atoms with Gasteiger partial charge in [0.25, 0.3) is 0 Å². The molecule has 1 aromatic heterocycles. The highest BCUT2D eigenvalue weighted by Crippen LogP contribution is 2.27. The first-order chi connectivity index (χ1) is 8.25. The van der Waals surface area contributed by atoms with E-state index in [1.54, 1.807) is 0 Å². The summed E-state index contributed by atoms with van der Waals surface area (Å²) in [5.74, 6) is 0. The van der Waals surface area contributed by atoms with Gasteiger partial charge < -0.3 is 0 Å². The number of benzene rings is 1. The third-order valence-electron chi connectivity index (χ3n) is 2.60. The summed E-state index contributed by atoms with van der Waals surface area (Å²) in [6.07, 6.45) is 3.89. The van der Waals surface area contributed by atoms with E-state index < -0.39 is 0 Å². The lowest BCUT2D eigenvalue weighted by Crippen LogP contribution is -1.95. The molecule has 17 heavy (non-hydrogen) atoms. The van der Waals surface area contributed by atoms with Crippen LogP contribution in [0.4, 0.5) is 0 Å². The second-order valence-electron chi connectivity index (χ2n) is 3.88. The van der Waals surface area contributed by atoms with Crippen LogP contribution in [0.1, 0.15) is 22.5 Å². The average molecular weight is 355 g/mol. The normalized spacial score (nSPS) is 12.4. The van der Waals surface area contributed by atoms with Crippen LogP contribution in [0.25, 0.3) is 0 Å². The molecule has 1 heterocycles. The Morgan fingerprint density at radius 1 is 1.06 bits per heavy atom. The highest BCUT2D eigenvalue weighted by Gasteiger charge is 2.07. The summed E-state index contributed by atoms with van der Waals surface area (Å²) in [4.78, 5) is 4.77. The van der Waals surface area contributed by atoms with Crippen molar-refractivity contribution in [2.24, 2.45) is 0 Å². The summed E-state index contributed by atoms with van der Waals surface area (Å²) in [7, 11) is 0. The molecular weight excluding hydrogens is 342 g/mol. The van der Waals surface area contributed by atoms with Gasteiger partial charge in [0.1, 0.15) is 0 Å². The van der Waals surface area contributed by atoms with Gasteiger partial charge in [-0.1, -0.05) is 46.3 Å². The fourth-order valence-corrected chi connectivity index (χ4v) is 2.43. The Balaban J connectivity index is 1.92. The first-order valence-electron chi connectivity index (χ1n) is 5.55. The van der Waals surface area contributed by atoms with Crippen molar-refractivity contribution >= 4 is 31.9 Å². The highest BCUT2D eigenvalue weighted by atomic mass is 79.9. The number of aromatic nitrogens is 1. The topological polar surface area (TPSA) is 12.9 Å². The molecule has 1 nitrogen and oxygen atoms in total. The molecule has 2 aromatic rings. The lowest BCUT2D eigenvalue weighted by molar-refractivity contribution is 0.792. The number of nitrogens with zero attached hydrogens (tertiary/aromatic N) is 1. The van der Waals surface area contributed by atoms with Crippen LogP contribution in [0, 0.1) is 0 Å². The number of halogens is 2. The van der Waals surface area contributed by atoms with Crippen molar-refractivity contribution in [1.29, 1.82) is 0 Å². The van der Waals surface area contributed by atoms with Gasteiger partial charge in [-0.3, -0.25) is 4.98 Å². The number of hydrogen-bond donors (Lipinski definition) is 0.